The Kier molecular flexibility index (Phi) is 33.9. The van der Waals surface area contributed by atoms with Gasteiger partial charge in [0.1, 0.15) is 19.3 Å². The minimum atomic E-state index is -0.955. The Bertz CT molecular complexity index is 605. The molecule has 0 amide bonds. The van der Waals surface area contributed by atoms with Gasteiger partial charge in [0.15, 0.2) is 0 Å². The zero-order valence-electron chi connectivity index (χ0n) is 29.9. The molecular formula is C39H76O5. The first-order valence-corrected chi connectivity index (χ1v) is 19.4. The Balaban J connectivity index is 3.38. The predicted octanol–water partition coefficient (Wildman–Crippen LogP) is 11.8. The number of ether oxygens (including phenoxy) is 2. The summed E-state index contributed by atoms with van der Waals surface area (Å²) in [6.07, 6.45) is 35.8. The van der Waals surface area contributed by atoms with Gasteiger partial charge >= 0.3 is 11.9 Å². The normalized spacial score (nSPS) is 12.1. The van der Waals surface area contributed by atoms with Gasteiger partial charge in [-0.15, -0.1) is 0 Å². The molecule has 5 nitrogen and oxygen atoms in total. The molecule has 44 heavy (non-hydrogen) atoms. The van der Waals surface area contributed by atoms with Gasteiger partial charge < -0.3 is 14.6 Å². The van der Waals surface area contributed by atoms with Gasteiger partial charge in [-0.25, -0.2) is 0 Å². The molecule has 262 valence electrons. The van der Waals surface area contributed by atoms with Gasteiger partial charge in [-0.3, -0.25) is 9.59 Å². The van der Waals surface area contributed by atoms with Crippen molar-refractivity contribution in [3.63, 3.8) is 0 Å². The molecule has 1 atom stereocenters. The second-order valence-electron chi connectivity index (χ2n) is 13.9. The number of rotatable bonds is 35. The zero-order valence-corrected chi connectivity index (χ0v) is 29.9. The number of aliphatic hydroxyl groups is 1. The molecule has 0 saturated carbocycles. The summed E-state index contributed by atoms with van der Waals surface area (Å²) in [4.78, 5) is 23.9. The summed E-state index contributed by atoms with van der Waals surface area (Å²) in [6.45, 7) is 6.67. The van der Waals surface area contributed by atoms with Crippen LogP contribution < -0.4 is 0 Å². The van der Waals surface area contributed by atoms with E-state index in [1.54, 1.807) is 0 Å². The topological polar surface area (TPSA) is 72.8 Å². The Morgan fingerprint density at radius 2 is 0.727 bits per heavy atom. The van der Waals surface area contributed by atoms with Crippen molar-refractivity contribution in [2.45, 2.75) is 219 Å². The van der Waals surface area contributed by atoms with Gasteiger partial charge in [-0.2, -0.15) is 0 Å². The third-order valence-corrected chi connectivity index (χ3v) is 8.77. The van der Waals surface area contributed by atoms with Crippen LogP contribution in [0.5, 0.6) is 0 Å². The average molecular weight is 625 g/mol. The summed E-state index contributed by atoms with van der Waals surface area (Å²) >= 11 is 0. The molecule has 0 aliphatic rings. The summed E-state index contributed by atoms with van der Waals surface area (Å²) in [5, 5.41) is 10.00. The Morgan fingerprint density at radius 1 is 0.455 bits per heavy atom. The number of carbonyl (C=O) groups is 2. The zero-order chi connectivity index (χ0) is 32.4. The second-order valence-corrected chi connectivity index (χ2v) is 13.9. The molecule has 0 radical (unpaired) electrons. The summed E-state index contributed by atoms with van der Waals surface area (Å²) < 4.78 is 10.3. The van der Waals surface area contributed by atoms with E-state index in [-0.39, 0.29) is 25.2 Å². The van der Waals surface area contributed by atoms with Gasteiger partial charge in [0.25, 0.3) is 0 Å². The van der Waals surface area contributed by atoms with Gasteiger partial charge in [-0.1, -0.05) is 188 Å². The number of aliphatic hydroxyl groups excluding tert-OH is 1. The summed E-state index contributed by atoms with van der Waals surface area (Å²) in [7, 11) is 0. The van der Waals surface area contributed by atoms with E-state index in [0.717, 1.165) is 31.6 Å². The van der Waals surface area contributed by atoms with E-state index in [4.69, 9.17) is 9.47 Å². The van der Waals surface area contributed by atoms with Crippen molar-refractivity contribution in [1.29, 1.82) is 0 Å². The molecule has 0 aromatic rings. The molecule has 0 rings (SSSR count). The molecular weight excluding hydrogens is 548 g/mol. The Hall–Kier alpha value is -1.10. The van der Waals surface area contributed by atoms with Crippen molar-refractivity contribution < 1.29 is 24.2 Å². The van der Waals surface area contributed by atoms with E-state index in [2.05, 4.69) is 20.8 Å². The minimum absolute atomic E-state index is 0.108. The Labute approximate surface area is 274 Å². The van der Waals surface area contributed by atoms with E-state index >= 15 is 0 Å². The maximum atomic E-state index is 12.0. The highest BCUT2D eigenvalue weighted by Gasteiger charge is 2.12. The van der Waals surface area contributed by atoms with Crippen LogP contribution in [0.3, 0.4) is 0 Å². The molecule has 0 bridgehead atoms. The predicted molar refractivity (Wildman–Crippen MR) is 187 cm³/mol. The van der Waals surface area contributed by atoms with E-state index < -0.39 is 6.10 Å². The fourth-order valence-electron chi connectivity index (χ4n) is 5.80. The molecule has 0 aliphatic heterocycles. The van der Waals surface area contributed by atoms with Crippen molar-refractivity contribution in [1.82, 2.24) is 0 Å². The van der Waals surface area contributed by atoms with E-state index in [1.807, 2.05) is 0 Å². The minimum Gasteiger partial charge on any atom is -0.463 e. The third kappa shape index (κ3) is 35.4. The van der Waals surface area contributed by atoms with Crippen molar-refractivity contribution in [2.75, 3.05) is 13.2 Å². The van der Waals surface area contributed by atoms with Crippen LogP contribution in [0.25, 0.3) is 0 Å². The largest absolute Gasteiger partial charge is 0.463 e. The Morgan fingerprint density at radius 3 is 1.02 bits per heavy atom. The van der Waals surface area contributed by atoms with Gasteiger partial charge in [0.05, 0.1) is 0 Å². The SMILES string of the molecule is CCCCCCCCCCCCCCCCC(=O)OC[C@H](O)COC(=O)CCCCCCCCCCCCCCCC(C)C. The first kappa shape index (κ1) is 42.9. The average Bonchev–Trinajstić information content (AvgIpc) is 3.00. The molecule has 0 fully saturated rings. The van der Waals surface area contributed by atoms with E-state index in [1.165, 1.54) is 154 Å². The fourth-order valence-corrected chi connectivity index (χ4v) is 5.80. The fraction of sp³-hybridized carbons (Fsp3) is 0.949. The molecule has 0 aliphatic carbocycles. The molecule has 0 heterocycles. The standard InChI is InChI=1S/C39H76O5/c1-4-5-6-7-8-9-10-11-14-17-20-23-26-29-32-38(41)43-34-37(40)35-44-39(42)33-30-27-24-21-18-15-12-13-16-19-22-25-28-31-36(2)3/h36-37,40H,4-35H2,1-3H3/t37-/m0/s1. The first-order chi connectivity index (χ1) is 21.5. The van der Waals surface area contributed by atoms with Crippen LogP contribution in [-0.4, -0.2) is 36.4 Å². The third-order valence-electron chi connectivity index (χ3n) is 8.77. The van der Waals surface area contributed by atoms with Crippen LogP contribution in [-0.2, 0) is 19.1 Å². The van der Waals surface area contributed by atoms with E-state index in [9.17, 15) is 14.7 Å². The highest BCUT2D eigenvalue weighted by Crippen LogP contribution is 2.16. The van der Waals surface area contributed by atoms with Crippen molar-refractivity contribution in [3.05, 3.63) is 0 Å². The molecule has 1 N–H and O–H groups in total. The lowest BCUT2D eigenvalue weighted by molar-refractivity contribution is -0.152. The first-order valence-electron chi connectivity index (χ1n) is 19.4. The molecule has 0 saturated heterocycles. The van der Waals surface area contributed by atoms with E-state index in [0.29, 0.717) is 12.8 Å². The molecule has 0 aromatic heterocycles. The second kappa shape index (κ2) is 34.8. The quantitative estimate of drug-likeness (QED) is 0.0561. The van der Waals surface area contributed by atoms with Crippen LogP contribution in [0.2, 0.25) is 0 Å². The number of unbranched alkanes of at least 4 members (excludes halogenated alkanes) is 25. The maximum absolute atomic E-state index is 12.0. The number of carbonyl (C=O) groups excluding carboxylic acids is 2. The monoisotopic (exact) mass is 625 g/mol. The van der Waals surface area contributed by atoms with Crippen molar-refractivity contribution >= 4 is 11.9 Å². The van der Waals surface area contributed by atoms with Crippen LogP contribution in [0.4, 0.5) is 0 Å². The molecule has 5 heteroatoms. The number of hydrogen-bond acceptors (Lipinski definition) is 5. The molecule has 0 aromatic carbocycles. The summed E-state index contributed by atoms with van der Waals surface area (Å²) in [5.41, 5.74) is 0. The highest BCUT2D eigenvalue weighted by molar-refractivity contribution is 5.69. The van der Waals surface area contributed by atoms with Gasteiger partial charge in [-0.05, 0) is 18.8 Å². The van der Waals surface area contributed by atoms with Crippen LogP contribution in [0.15, 0.2) is 0 Å². The molecule has 0 unspecified atom stereocenters. The summed E-state index contributed by atoms with van der Waals surface area (Å²) in [6, 6.07) is 0. The lowest BCUT2D eigenvalue weighted by atomic mass is 10.0. The maximum Gasteiger partial charge on any atom is 0.305 e. The molecule has 0 spiro atoms. The smallest absolute Gasteiger partial charge is 0.305 e. The van der Waals surface area contributed by atoms with Gasteiger partial charge in [0, 0.05) is 12.8 Å². The lowest BCUT2D eigenvalue weighted by Gasteiger charge is -2.12. The van der Waals surface area contributed by atoms with Crippen LogP contribution in [0, 0.1) is 5.92 Å². The van der Waals surface area contributed by atoms with Gasteiger partial charge in [0.2, 0.25) is 0 Å². The van der Waals surface area contributed by atoms with Crippen LogP contribution >= 0.6 is 0 Å². The number of hydrogen-bond donors (Lipinski definition) is 1. The van der Waals surface area contributed by atoms with Crippen molar-refractivity contribution in [2.24, 2.45) is 5.92 Å². The summed E-state index contributed by atoms with van der Waals surface area (Å²) in [5.74, 6) is 0.296. The van der Waals surface area contributed by atoms with Crippen LogP contribution in [0.1, 0.15) is 213 Å². The number of esters is 2. The lowest BCUT2D eigenvalue weighted by Crippen LogP contribution is -2.25. The highest BCUT2D eigenvalue weighted by atomic mass is 16.6. The van der Waals surface area contributed by atoms with Crippen molar-refractivity contribution in [3.8, 4) is 0 Å².